The molecule has 0 radical (unpaired) electrons. The maximum Gasteiger partial charge on any atom is 0.270 e. The minimum absolute atomic E-state index is 0.0330. The number of amides is 1. The van der Waals surface area contributed by atoms with Crippen molar-refractivity contribution in [2.75, 3.05) is 5.32 Å². The van der Waals surface area contributed by atoms with Crippen LogP contribution in [0.3, 0.4) is 0 Å². The first-order valence-corrected chi connectivity index (χ1v) is 7.21. The van der Waals surface area contributed by atoms with E-state index in [-0.39, 0.29) is 16.3 Å². The summed E-state index contributed by atoms with van der Waals surface area (Å²) in [6.07, 6.45) is 1.61. The molecule has 0 aliphatic rings. The summed E-state index contributed by atoms with van der Waals surface area (Å²) in [6, 6.07) is 5.56. The lowest BCUT2D eigenvalue weighted by atomic mass is 10.2. The van der Waals surface area contributed by atoms with Gasteiger partial charge in [-0.2, -0.15) is 0 Å². The second-order valence-electron chi connectivity index (χ2n) is 4.19. The molecular weight excluding hydrogens is 409 g/mol. The normalized spacial score (nSPS) is 10.2. The Morgan fingerprint density at radius 3 is 2.76 bits per heavy atom. The van der Waals surface area contributed by atoms with Gasteiger partial charge in [-0.15, -0.1) is 0 Å². The van der Waals surface area contributed by atoms with E-state index < -0.39 is 10.8 Å². The van der Waals surface area contributed by atoms with Gasteiger partial charge in [0.25, 0.3) is 11.6 Å². The number of halogens is 2. The number of aryl methyl sites for hydroxylation is 1. The minimum atomic E-state index is -0.582. The lowest BCUT2D eigenvalue weighted by molar-refractivity contribution is -0.384. The van der Waals surface area contributed by atoms with E-state index in [0.29, 0.717) is 5.82 Å². The molecule has 1 aromatic heterocycles. The summed E-state index contributed by atoms with van der Waals surface area (Å²) >= 11 is 8.03. The lowest BCUT2D eigenvalue weighted by Gasteiger charge is -2.08. The van der Waals surface area contributed by atoms with Crippen LogP contribution in [0.4, 0.5) is 11.5 Å². The van der Waals surface area contributed by atoms with Crippen LogP contribution in [0.15, 0.2) is 30.5 Å². The number of rotatable bonds is 3. The number of aromatic nitrogens is 1. The standard InChI is InChI=1S/C13H9ClIN3O3/c1-7-4-8(15)6-16-12(7)17-13(19)10-5-9(18(20)21)2-3-11(10)14/h2-6H,1H3,(H,16,17,19). The third-order valence-corrected chi connectivity index (χ3v) is 3.60. The Morgan fingerprint density at radius 2 is 2.14 bits per heavy atom. The number of nitro groups is 1. The summed E-state index contributed by atoms with van der Waals surface area (Å²) in [7, 11) is 0. The van der Waals surface area contributed by atoms with Gasteiger partial charge in [0.15, 0.2) is 0 Å². The van der Waals surface area contributed by atoms with Crippen LogP contribution in [-0.4, -0.2) is 15.8 Å². The van der Waals surface area contributed by atoms with Crippen molar-refractivity contribution in [1.82, 2.24) is 4.98 Å². The molecular formula is C13H9ClIN3O3. The first kappa shape index (κ1) is 15.6. The van der Waals surface area contributed by atoms with Gasteiger partial charge in [0.05, 0.1) is 15.5 Å². The number of nitrogens with zero attached hydrogens (tertiary/aromatic N) is 2. The van der Waals surface area contributed by atoms with Gasteiger partial charge < -0.3 is 5.32 Å². The first-order chi connectivity index (χ1) is 9.88. The first-order valence-electron chi connectivity index (χ1n) is 5.76. The zero-order valence-corrected chi connectivity index (χ0v) is 13.7. The Morgan fingerprint density at radius 1 is 1.43 bits per heavy atom. The van der Waals surface area contributed by atoms with Gasteiger partial charge in [-0.3, -0.25) is 14.9 Å². The summed E-state index contributed by atoms with van der Waals surface area (Å²) in [5.74, 6) is -0.150. The molecule has 1 aromatic carbocycles. The lowest BCUT2D eigenvalue weighted by Crippen LogP contribution is -2.14. The number of pyridine rings is 1. The maximum atomic E-state index is 12.2. The SMILES string of the molecule is Cc1cc(I)cnc1NC(=O)c1cc([N+](=O)[O-])ccc1Cl. The van der Waals surface area contributed by atoms with Crippen LogP contribution in [-0.2, 0) is 0 Å². The van der Waals surface area contributed by atoms with Crippen molar-refractivity contribution >= 4 is 51.6 Å². The van der Waals surface area contributed by atoms with Crippen molar-refractivity contribution in [3.8, 4) is 0 Å². The average molecular weight is 418 g/mol. The van der Waals surface area contributed by atoms with Gasteiger partial charge in [0, 0.05) is 21.9 Å². The predicted octanol–water partition coefficient (Wildman–Crippen LogP) is 3.81. The molecule has 0 spiro atoms. The molecule has 1 N–H and O–H groups in total. The minimum Gasteiger partial charge on any atom is -0.306 e. The molecule has 2 aromatic rings. The molecule has 2 rings (SSSR count). The summed E-state index contributed by atoms with van der Waals surface area (Å²) in [4.78, 5) is 26.5. The van der Waals surface area contributed by atoms with Crippen LogP contribution in [0.1, 0.15) is 15.9 Å². The Labute approximate surface area is 138 Å². The van der Waals surface area contributed by atoms with E-state index in [2.05, 4.69) is 32.9 Å². The molecule has 0 aliphatic carbocycles. The van der Waals surface area contributed by atoms with E-state index in [1.165, 1.54) is 12.1 Å². The second kappa shape index (κ2) is 6.35. The molecule has 108 valence electrons. The van der Waals surface area contributed by atoms with Crippen LogP contribution >= 0.6 is 34.2 Å². The highest BCUT2D eigenvalue weighted by molar-refractivity contribution is 14.1. The van der Waals surface area contributed by atoms with Crippen molar-refractivity contribution in [3.05, 3.63) is 60.3 Å². The van der Waals surface area contributed by atoms with Crippen LogP contribution in [0.25, 0.3) is 0 Å². The molecule has 0 atom stereocenters. The number of nitro benzene ring substituents is 1. The highest BCUT2D eigenvalue weighted by atomic mass is 127. The number of carbonyl (C=O) groups excluding carboxylic acids is 1. The second-order valence-corrected chi connectivity index (χ2v) is 5.85. The number of hydrogen-bond donors (Lipinski definition) is 1. The van der Waals surface area contributed by atoms with Crippen LogP contribution in [0.5, 0.6) is 0 Å². The summed E-state index contributed by atoms with van der Waals surface area (Å²) in [5, 5.41) is 13.5. The van der Waals surface area contributed by atoms with Gasteiger partial charge in [0.2, 0.25) is 0 Å². The topological polar surface area (TPSA) is 85.1 Å². The summed E-state index contributed by atoms with van der Waals surface area (Å²) < 4.78 is 0.941. The summed E-state index contributed by atoms with van der Waals surface area (Å²) in [5.41, 5.74) is 0.624. The van der Waals surface area contributed by atoms with Crippen LogP contribution in [0.2, 0.25) is 5.02 Å². The van der Waals surface area contributed by atoms with Crippen LogP contribution < -0.4 is 5.32 Å². The van der Waals surface area contributed by atoms with Gasteiger partial charge in [-0.05, 0) is 47.2 Å². The molecule has 21 heavy (non-hydrogen) atoms. The number of non-ortho nitro benzene ring substituents is 1. The van der Waals surface area contributed by atoms with Gasteiger partial charge in [0.1, 0.15) is 5.82 Å². The molecule has 0 saturated heterocycles. The molecule has 1 amide bonds. The fraction of sp³-hybridized carbons (Fsp3) is 0.0769. The number of benzene rings is 1. The highest BCUT2D eigenvalue weighted by Gasteiger charge is 2.17. The Kier molecular flexibility index (Phi) is 4.73. The molecule has 0 unspecified atom stereocenters. The molecule has 0 fully saturated rings. The molecule has 6 nitrogen and oxygen atoms in total. The zero-order valence-electron chi connectivity index (χ0n) is 10.8. The van der Waals surface area contributed by atoms with Crippen molar-refractivity contribution in [2.24, 2.45) is 0 Å². The van der Waals surface area contributed by atoms with E-state index in [0.717, 1.165) is 15.2 Å². The Hall–Kier alpha value is -1.74. The number of carbonyl (C=O) groups is 1. The van der Waals surface area contributed by atoms with Crippen molar-refractivity contribution in [1.29, 1.82) is 0 Å². The third kappa shape index (κ3) is 3.67. The number of nitrogens with one attached hydrogen (secondary N) is 1. The van der Waals surface area contributed by atoms with Gasteiger partial charge >= 0.3 is 0 Å². The van der Waals surface area contributed by atoms with Crippen molar-refractivity contribution < 1.29 is 9.72 Å². The predicted molar refractivity (Wildman–Crippen MR) is 87.8 cm³/mol. The zero-order chi connectivity index (χ0) is 15.6. The molecule has 0 saturated carbocycles. The molecule has 8 heteroatoms. The van der Waals surface area contributed by atoms with E-state index in [4.69, 9.17) is 11.6 Å². The Bertz CT molecular complexity index is 737. The smallest absolute Gasteiger partial charge is 0.270 e. The number of anilines is 1. The summed E-state index contributed by atoms with van der Waals surface area (Å²) in [6.45, 7) is 1.81. The van der Waals surface area contributed by atoms with Crippen LogP contribution in [0, 0.1) is 20.6 Å². The largest absolute Gasteiger partial charge is 0.306 e. The van der Waals surface area contributed by atoms with E-state index in [1.807, 2.05) is 6.07 Å². The van der Waals surface area contributed by atoms with Gasteiger partial charge in [-0.25, -0.2) is 4.98 Å². The fourth-order valence-electron chi connectivity index (χ4n) is 1.65. The van der Waals surface area contributed by atoms with Gasteiger partial charge in [-0.1, -0.05) is 11.6 Å². The van der Waals surface area contributed by atoms with E-state index in [9.17, 15) is 14.9 Å². The number of hydrogen-bond acceptors (Lipinski definition) is 4. The molecule has 1 heterocycles. The molecule has 0 bridgehead atoms. The quantitative estimate of drug-likeness (QED) is 0.467. The molecule has 0 aliphatic heterocycles. The maximum absolute atomic E-state index is 12.2. The highest BCUT2D eigenvalue weighted by Crippen LogP contribution is 2.23. The Balaban J connectivity index is 2.32. The van der Waals surface area contributed by atoms with E-state index >= 15 is 0 Å². The van der Waals surface area contributed by atoms with E-state index in [1.54, 1.807) is 13.1 Å². The van der Waals surface area contributed by atoms with Crippen molar-refractivity contribution in [2.45, 2.75) is 6.92 Å². The van der Waals surface area contributed by atoms with Crippen molar-refractivity contribution in [3.63, 3.8) is 0 Å². The monoisotopic (exact) mass is 417 g/mol. The average Bonchev–Trinajstić information content (AvgIpc) is 2.42. The third-order valence-electron chi connectivity index (χ3n) is 2.68. The fourth-order valence-corrected chi connectivity index (χ4v) is 2.46.